The molecule has 0 saturated carbocycles. The number of nitrogens with one attached hydrogen (secondary N) is 2. The normalized spacial score (nSPS) is 20.4. The number of para-hydroxylation sites is 1. The smallest absolute Gasteiger partial charge is 0.0500 e. The number of hydrogen-bond donors (Lipinski definition) is 2. The molecule has 3 heteroatoms. The number of piperidine rings is 1. The lowest BCUT2D eigenvalue weighted by atomic mass is 9.96. The molecule has 0 spiro atoms. The van der Waals surface area contributed by atoms with Crippen molar-refractivity contribution >= 4 is 26.8 Å². The van der Waals surface area contributed by atoms with Crippen molar-refractivity contribution < 1.29 is 0 Å². The van der Waals surface area contributed by atoms with Crippen LogP contribution in [0.25, 0.3) is 10.9 Å². The van der Waals surface area contributed by atoms with Crippen LogP contribution in [0.15, 0.2) is 22.7 Å². The molecule has 1 aliphatic rings. The Labute approximate surface area is 116 Å². The van der Waals surface area contributed by atoms with Crippen LogP contribution in [0.5, 0.6) is 0 Å². The molecule has 1 atom stereocenters. The van der Waals surface area contributed by atoms with Crippen LogP contribution in [0.2, 0.25) is 0 Å². The fraction of sp³-hybridized carbons (Fsp3) is 0.467. The Morgan fingerprint density at radius 3 is 3.00 bits per heavy atom. The summed E-state index contributed by atoms with van der Waals surface area (Å²) in [5.74, 6) is 0.616. The van der Waals surface area contributed by atoms with Gasteiger partial charge in [0, 0.05) is 33.5 Å². The van der Waals surface area contributed by atoms with Gasteiger partial charge in [-0.1, -0.05) is 25.1 Å². The van der Waals surface area contributed by atoms with Gasteiger partial charge in [-0.3, -0.25) is 0 Å². The van der Waals surface area contributed by atoms with E-state index in [-0.39, 0.29) is 0 Å². The summed E-state index contributed by atoms with van der Waals surface area (Å²) in [4.78, 5) is 3.67. The van der Waals surface area contributed by atoms with Gasteiger partial charge in [0.05, 0.1) is 0 Å². The second-order valence-corrected chi connectivity index (χ2v) is 5.88. The third-order valence-corrected chi connectivity index (χ3v) is 4.82. The van der Waals surface area contributed by atoms with Gasteiger partial charge in [0.15, 0.2) is 0 Å². The number of aromatic amines is 1. The number of aromatic nitrogens is 1. The van der Waals surface area contributed by atoms with Crippen molar-refractivity contribution in [3.63, 3.8) is 0 Å². The average molecular weight is 307 g/mol. The highest BCUT2D eigenvalue weighted by Crippen LogP contribution is 2.36. The van der Waals surface area contributed by atoms with E-state index in [9.17, 15) is 0 Å². The quantitative estimate of drug-likeness (QED) is 0.863. The molecule has 1 aromatic heterocycles. The lowest BCUT2D eigenvalue weighted by Gasteiger charge is -2.22. The molecule has 0 amide bonds. The van der Waals surface area contributed by atoms with Gasteiger partial charge < -0.3 is 10.3 Å². The second-order valence-electron chi connectivity index (χ2n) is 5.09. The number of fused-ring (bicyclic) bond motifs is 1. The van der Waals surface area contributed by atoms with Gasteiger partial charge in [0.25, 0.3) is 0 Å². The minimum Gasteiger partial charge on any atom is -0.357 e. The SMILES string of the molecule is CCc1cccc2c(Br)c(C3CCCNC3)[nH]c12. The van der Waals surface area contributed by atoms with Gasteiger partial charge in [-0.25, -0.2) is 0 Å². The molecule has 1 aromatic carbocycles. The van der Waals surface area contributed by atoms with Gasteiger partial charge in [-0.2, -0.15) is 0 Å². The van der Waals surface area contributed by atoms with Crippen LogP contribution in [0.1, 0.15) is 36.9 Å². The van der Waals surface area contributed by atoms with Crippen molar-refractivity contribution in [2.45, 2.75) is 32.1 Å². The highest BCUT2D eigenvalue weighted by Gasteiger charge is 2.21. The largest absolute Gasteiger partial charge is 0.357 e. The van der Waals surface area contributed by atoms with E-state index in [0.717, 1.165) is 19.5 Å². The first-order valence-corrected chi connectivity index (χ1v) is 7.60. The lowest BCUT2D eigenvalue weighted by Crippen LogP contribution is -2.28. The zero-order chi connectivity index (χ0) is 12.5. The van der Waals surface area contributed by atoms with Crippen LogP contribution in [0.3, 0.4) is 0 Å². The minimum atomic E-state index is 0.616. The summed E-state index contributed by atoms with van der Waals surface area (Å²) in [7, 11) is 0. The molecular formula is C15H19BrN2. The molecular weight excluding hydrogens is 288 g/mol. The summed E-state index contributed by atoms with van der Waals surface area (Å²) in [5.41, 5.74) is 4.09. The maximum Gasteiger partial charge on any atom is 0.0500 e. The number of halogens is 1. The van der Waals surface area contributed by atoms with E-state index in [4.69, 9.17) is 0 Å². The standard InChI is InChI=1S/C15H19BrN2/c1-2-10-5-3-7-12-13(16)15(18-14(10)12)11-6-4-8-17-9-11/h3,5,7,11,17-18H,2,4,6,8-9H2,1H3. The van der Waals surface area contributed by atoms with Crippen molar-refractivity contribution in [2.75, 3.05) is 13.1 Å². The van der Waals surface area contributed by atoms with Gasteiger partial charge in [0.2, 0.25) is 0 Å². The molecule has 0 bridgehead atoms. The molecule has 2 aromatic rings. The predicted octanol–water partition coefficient (Wildman–Crippen LogP) is 3.96. The molecule has 0 aliphatic carbocycles. The summed E-state index contributed by atoms with van der Waals surface area (Å²) in [5, 5.41) is 4.82. The van der Waals surface area contributed by atoms with Gasteiger partial charge in [0.1, 0.15) is 0 Å². The Kier molecular flexibility index (Phi) is 3.44. The lowest BCUT2D eigenvalue weighted by molar-refractivity contribution is 0.455. The molecule has 96 valence electrons. The van der Waals surface area contributed by atoms with E-state index in [2.05, 4.69) is 51.4 Å². The van der Waals surface area contributed by atoms with Crippen LogP contribution < -0.4 is 5.32 Å². The fourth-order valence-corrected chi connectivity index (χ4v) is 3.69. The number of rotatable bonds is 2. The first-order chi connectivity index (χ1) is 8.81. The maximum atomic E-state index is 3.79. The molecule has 1 aliphatic heterocycles. The number of benzene rings is 1. The van der Waals surface area contributed by atoms with Crippen molar-refractivity contribution in [1.82, 2.24) is 10.3 Å². The molecule has 1 fully saturated rings. The summed E-state index contributed by atoms with van der Waals surface area (Å²) in [6.07, 6.45) is 3.62. The van der Waals surface area contributed by atoms with Crippen molar-refractivity contribution in [3.8, 4) is 0 Å². The highest BCUT2D eigenvalue weighted by molar-refractivity contribution is 9.10. The van der Waals surface area contributed by atoms with E-state index < -0.39 is 0 Å². The Morgan fingerprint density at radius 2 is 2.28 bits per heavy atom. The van der Waals surface area contributed by atoms with Crippen LogP contribution in [-0.2, 0) is 6.42 Å². The fourth-order valence-electron chi connectivity index (χ4n) is 2.94. The van der Waals surface area contributed by atoms with Crippen molar-refractivity contribution in [2.24, 2.45) is 0 Å². The van der Waals surface area contributed by atoms with Crippen LogP contribution in [0, 0.1) is 0 Å². The summed E-state index contributed by atoms with van der Waals surface area (Å²) in [6.45, 7) is 4.47. The van der Waals surface area contributed by atoms with Gasteiger partial charge in [-0.15, -0.1) is 0 Å². The van der Waals surface area contributed by atoms with E-state index in [0.29, 0.717) is 5.92 Å². The molecule has 2 nitrogen and oxygen atoms in total. The number of hydrogen-bond acceptors (Lipinski definition) is 1. The van der Waals surface area contributed by atoms with E-state index in [1.54, 1.807) is 0 Å². The molecule has 2 heterocycles. The molecule has 0 radical (unpaired) electrons. The third-order valence-electron chi connectivity index (χ3n) is 3.97. The van der Waals surface area contributed by atoms with Gasteiger partial charge in [-0.05, 0) is 47.3 Å². The number of H-pyrrole nitrogens is 1. The van der Waals surface area contributed by atoms with Crippen molar-refractivity contribution in [1.29, 1.82) is 0 Å². The molecule has 1 saturated heterocycles. The van der Waals surface area contributed by atoms with Gasteiger partial charge >= 0.3 is 0 Å². The van der Waals surface area contributed by atoms with Crippen LogP contribution in [-0.4, -0.2) is 18.1 Å². The minimum absolute atomic E-state index is 0.616. The summed E-state index contributed by atoms with van der Waals surface area (Å²) < 4.78 is 1.27. The van der Waals surface area contributed by atoms with Crippen LogP contribution in [0.4, 0.5) is 0 Å². The molecule has 2 N–H and O–H groups in total. The Bertz CT molecular complexity index is 553. The Morgan fingerprint density at radius 1 is 1.39 bits per heavy atom. The molecule has 3 rings (SSSR count). The van der Waals surface area contributed by atoms with E-state index >= 15 is 0 Å². The predicted molar refractivity (Wildman–Crippen MR) is 80.2 cm³/mol. The topological polar surface area (TPSA) is 27.8 Å². The molecule has 1 unspecified atom stereocenters. The zero-order valence-electron chi connectivity index (χ0n) is 10.7. The average Bonchev–Trinajstić information content (AvgIpc) is 2.77. The first kappa shape index (κ1) is 12.2. The Hall–Kier alpha value is -0.800. The monoisotopic (exact) mass is 306 g/mol. The maximum absolute atomic E-state index is 3.79. The van der Waals surface area contributed by atoms with E-state index in [1.165, 1.54) is 39.5 Å². The van der Waals surface area contributed by atoms with Crippen LogP contribution >= 0.6 is 15.9 Å². The van der Waals surface area contributed by atoms with Crippen molar-refractivity contribution in [3.05, 3.63) is 33.9 Å². The first-order valence-electron chi connectivity index (χ1n) is 6.81. The summed E-state index contributed by atoms with van der Waals surface area (Å²) in [6, 6.07) is 6.58. The van der Waals surface area contributed by atoms with E-state index in [1.807, 2.05) is 0 Å². The molecule has 18 heavy (non-hydrogen) atoms. The number of aryl methyl sites for hydroxylation is 1. The third kappa shape index (κ3) is 1.99. The Balaban J connectivity index is 2.09. The summed E-state index contributed by atoms with van der Waals surface area (Å²) >= 11 is 3.79. The highest BCUT2D eigenvalue weighted by atomic mass is 79.9. The zero-order valence-corrected chi connectivity index (χ0v) is 12.3. The second kappa shape index (κ2) is 5.06.